The van der Waals surface area contributed by atoms with E-state index in [-0.39, 0.29) is 0 Å². The van der Waals surface area contributed by atoms with Gasteiger partial charge in [-0.1, -0.05) is 109 Å². The lowest BCUT2D eigenvalue weighted by Crippen LogP contribution is -2.09. The Morgan fingerprint density at radius 3 is 1.58 bits per heavy atom. The fourth-order valence-corrected chi connectivity index (χ4v) is 6.60. The maximum absolute atomic E-state index is 6.27. The van der Waals surface area contributed by atoms with Crippen molar-refractivity contribution < 1.29 is 4.42 Å². The van der Waals surface area contributed by atoms with Crippen molar-refractivity contribution in [3.63, 3.8) is 0 Å². The van der Waals surface area contributed by atoms with E-state index in [1.165, 1.54) is 21.9 Å². The highest BCUT2D eigenvalue weighted by atomic mass is 16.3. The first-order valence-electron chi connectivity index (χ1n) is 16.2. The molecule has 9 rings (SSSR count). The van der Waals surface area contributed by atoms with Crippen LogP contribution < -0.4 is 4.90 Å². The second kappa shape index (κ2) is 11.7. The Labute approximate surface area is 279 Å². The van der Waals surface area contributed by atoms with Crippen molar-refractivity contribution in [3.05, 3.63) is 182 Å². The molecule has 0 N–H and O–H groups in total. The summed E-state index contributed by atoms with van der Waals surface area (Å²) < 4.78 is 6.27. The smallest absolute Gasteiger partial charge is 0.227 e. The van der Waals surface area contributed by atoms with Crippen molar-refractivity contribution in [2.24, 2.45) is 0 Å². The third kappa shape index (κ3) is 5.08. The fraction of sp³-hybridized carbons (Fsp3) is 0. The summed E-state index contributed by atoms with van der Waals surface area (Å²) in [6.07, 6.45) is 0. The average Bonchev–Trinajstić information content (AvgIpc) is 3.61. The fourth-order valence-electron chi connectivity index (χ4n) is 6.60. The molecule has 8 aromatic carbocycles. The van der Waals surface area contributed by atoms with Gasteiger partial charge < -0.3 is 9.32 Å². The van der Waals surface area contributed by atoms with Gasteiger partial charge in [0.15, 0.2) is 5.58 Å². The summed E-state index contributed by atoms with van der Waals surface area (Å²) in [4.78, 5) is 7.05. The highest BCUT2D eigenvalue weighted by Crippen LogP contribution is 2.38. The SMILES string of the molecule is c1ccc(-c2nc3ccc4cc(-c5ccc(N(c6ccccc6)c6ccc(-c7ccc8ccccc8c7)cc6)cc5)ccc4c3o2)cc1. The Balaban J connectivity index is 1.04. The minimum Gasteiger partial charge on any atom is -0.435 e. The number of hydrogen-bond acceptors (Lipinski definition) is 3. The molecule has 0 bridgehead atoms. The lowest BCUT2D eigenvalue weighted by molar-refractivity contribution is 0.623. The predicted molar refractivity (Wildman–Crippen MR) is 200 cm³/mol. The van der Waals surface area contributed by atoms with Gasteiger partial charge in [0.1, 0.15) is 5.52 Å². The molecule has 9 aromatic rings. The second-order valence-electron chi connectivity index (χ2n) is 12.1. The first kappa shape index (κ1) is 27.8. The Bertz CT molecular complexity index is 2540. The zero-order valence-corrected chi connectivity index (χ0v) is 26.1. The largest absolute Gasteiger partial charge is 0.435 e. The van der Waals surface area contributed by atoms with Crippen LogP contribution >= 0.6 is 0 Å². The lowest BCUT2D eigenvalue weighted by atomic mass is 10.00. The van der Waals surface area contributed by atoms with Crippen LogP contribution in [0.15, 0.2) is 186 Å². The van der Waals surface area contributed by atoms with E-state index in [4.69, 9.17) is 9.40 Å². The predicted octanol–water partition coefficient (Wildman–Crippen LogP) is 12.6. The molecular formula is C45H30N2O. The molecule has 3 heteroatoms. The quantitative estimate of drug-likeness (QED) is 0.187. The summed E-state index contributed by atoms with van der Waals surface area (Å²) in [5.41, 5.74) is 10.7. The minimum absolute atomic E-state index is 0.643. The van der Waals surface area contributed by atoms with Gasteiger partial charge in [0.25, 0.3) is 0 Å². The molecule has 0 unspecified atom stereocenters. The van der Waals surface area contributed by atoms with Crippen LogP contribution in [0, 0.1) is 0 Å². The number of nitrogens with zero attached hydrogens (tertiary/aromatic N) is 2. The van der Waals surface area contributed by atoms with Crippen LogP contribution in [0.2, 0.25) is 0 Å². The van der Waals surface area contributed by atoms with Crippen LogP contribution in [-0.2, 0) is 0 Å². The molecular weight excluding hydrogens is 585 g/mol. The van der Waals surface area contributed by atoms with Gasteiger partial charge in [-0.3, -0.25) is 0 Å². The highest BCUT2D eigenvalue weighted by Gasteiger charge is 2.15. The standard InChI is InChI=1S/C45H30N2O/c1-3-10-34(11-4-1)45-46-43-28-22-38-30-37(21-27-42(38)44(43)48-45)33-19-25-41(26-20-33)47(39-13-5-2-6-14-39)40-23-17-32(18-24-40)36-16-15-31-9-7-8-12-35(31)29-36/h1-30H. The van der Waals surface area contributed by atoms with Gasteiger partial charge in [0, 0.05) is 28.0 Å². The van der Waals surface area contributed by atoms with Crippen molar-refractivity contribution in [1.82, 2.24) is 4.98 Å². The zero-order valence-electron chi connectivity index (χ0n) is 26.1. The molecule has 3 nitrogen and oxygen atoms in total. The van der Waals surface area contributed by atoms with Gasteiger partial charge in [0.05, 0.1) is 0 Å². The van der Waals surface area contributed by atoms with Crippen LogP contribution in [0.3, 0.4) is 0 Å². The average molecular weight is 615 g/mol. The molecule has 1 aromatic heterocycles. The van der Waals surface area contributed by atoms with Crippen LogP contribution in [0.5, 0.6) is 0 Å². The third-order valence-electron chi connectivity index (χ3n) is 9.07. The van der Waals surface area contributed by atoms with Crippen molar-refractivity contribution in [2.75, 3.05) is 4.90 Å². The van der Waals surface area contributed by atoms with E-state index in [1.54, 1.807) is 0 Å². The van der Waals surface area contributed by atoms with Crippen molar-refractivity contribution in [1.29, 1.82) is 0 Å². The summed E-state index contributed by atoms with van der Waals surface area (Å²) >= 11 is 0. The Kier molecular flexibility index (Phi) is 6.80. The molecule has 0 aliphatic heterocycles. The van der Waals surface area contributed by atoms with Crippen molar-refractivity contribution in [2.45, 2.75) is 0 Å². The topological polar surface area (TPSA) is 29.3 Å². The van der Waals surface area contributed by atoms with E-state index in [9.17, 15) is 0 Å². The maximum atomic E-state index is 6.27. The molecule has 0 saturated heterocycles. The molecule has 48 heavy (non-hydrogen) atoms. The van der Waals surface area contributed by atoms with Crippen molar-refractivity contribution >= 4 is 49.7 Å². The van der Waals surface area contributed by atoms with E-state index in [2.05, 4.69) is 150 Å². The number of rotatable bonds is 6. The van der Waals surface area contributed by atoms with E-state index in [1.807, 2.05) is 36.4 Å². The molecule has 0 aliphatic rings. The van der Waals surface area contributed by atoms with Gasteiger partial charge in [-0.05, 0) is 111 Å². The second-order valence-corrected chi connectivity index (χ2v) is 12.1. The lowest BCUT2D eigenvalue weighted by Gasteiger charge is -2.26. The van der Waals surface area contributed by atoms with Crippen LogP contribution in [0.4, 0.5) is 17.1 Å². The first-order chi connectivity index (χ1) is 23.8. The van der Waals surface area contributed by atoms with Gasteiger partial charge in [-0.25, -0.2) is 4.98 Å². The summed E-state index contributed by atoms with van der Waals surface area (Å²) in [6.45, 7) is 0. The number of oxazole rings is 1. The Morgan fingerprint density at radius 1 is 0.375 bits per heavy atom. The molecule has 0 fully saturated rings. The molecule has 0 aliphatic carbocycles. The highest BCUT2D eigenvalue weighted by molar-refractivity contribution is 6.05. The number of aromatic nitrogens is 1. The number of fused-ring (bicyclic) bond motifs is 4. The van der Waals surface area contributed by atoms with Crippen LogP contribution in [-0.4, -0.2) is 4.98 Å². The normalized spacial score (nSPS) is 11.3. The summed E-state index contributed by atoms with van der Waals surface area (Å²) in [5.74, 6) is 0.643. The summed E-state index contributed by atoms with van der Waals surface area (Å²) in [6, 6.07) is 64.1. The monoisotopic (exact) mass is 614 g/mol. The van der Waals surface area contributed by atoms with Gasteiger partial charge >= 0.3 is 0 Å². The van der Waals surface area contributed by atoms with Gasteiger partial charge in [-0.15, -0.1) is 0 Å². The van der Waals surface area contributed by atoms with Gasteiger partial charge in [0.2, 0.25) is 5.89 Å². The summed E-state index contributed by atoms with van der Waals surface area (Å²) in [5, 5.41) is 4.69. The first-order valence-corrected chi connectivity index (χ1v) is 16.2. The number of hydrogen-bond donors (Lipinski definition) is 0. The molecule has 0 radical (unpaired) electrons. The molecule has 0 atom stereocenters. The molecule has 0 spiro atoms. The summed E-state index contributed by atoms with van der Waals surface area (Å²) in [7, 11) is 0. The third-order valence-corrected chi connectivity index (χ3v) is 9.07. The maximum Gasteiger partial charge on any atom is 0.227 e. The van der Waals surface area contributed by atoms with Crippen molar-refractivity contribution in [3.8, 4) is 33.7 Å². The van der Waals surface area contributed by atoms with E-state index in [0.29, 0.717) is 5.89 Å². The molecule has 226 valence electrons. The Hall–Kier alpha value is -6.45. The number of para-hydroxylation sites is 1. The van der Waals surface area contributed by atoms with Crippen LogP contribution in [0.25, 0.3) is 66.4 Å². The number of benzene rings is 8. The van der Waals surface area contributed by atoms with Gasteiger partial charge in [-0.2, -0.15) is 0 Å². The Morgan fingerprint density at radius 2 is 0.896 bits per heavy atom. The van der Waals surface area contributed by atoms with E-state index < -0.39 is 0 Å². The molecule has 0 amide bonds. The minimum atomic E-state index is 0.643. The van der Waals surface area contributed by atoms with E-state index >= 15 is 0 Å². The van der Waals surface area contributed by atoms with Crippen LogP contribution in [0.1, 0.15) is 0 Å². The molecule has 1 heterocycles. The molecule has 0 saturated carbocycles. The van der Waals surface area contributed by atoms with E-state index in [0.717, 1.165) is 55.6 Å². The number of anilines is 3. The zero-order chi connectivity index (χ0) is 31.9.